The van der Waals surface area contributed by atoms with Crippen LogP contribution in [0.2, 0.25) is 0 Å². The van der Waals surface area contributed by atoms with Gasteiger partial charge in [0.1, 0.15) is 11.6 Å². The first-order valence-corrected chi connectivity index (χ1v) is 10.4. The molecular formula is C23H19FN4OS. The number of halogens is 1. The minimum Gasteiger partial charge on any atom is -0.301 e. The molecule has 0 bridgehead atoms. The van der Waals surface area contributed by atoms with Crippen molar-refractivity contribution in [2.75, 3.05) is 0 Å². The molecule has 2 aromatic carbocycles. The van der Waals surface area contributed by atoms with Crippen molar-refractivity contribution in [2.45, 2.75) is 23.8 Å². The molecule has 0 spiro atoms. The molecule has 2 aromatic heterocycles. The van der Waals surface area contributed by atoms with Crippen molar-refractivity contribution < 1.29 is 4.39 Å². The Balaban J connectivity index is 1.37. The molecule has 0 radical (unpaired) electrons. The van der Waals surface area contributed by atoms with Crippen LogP contribution in [0.1, 0.15) is 28.1 Å². The van der Waals surface area contributed by atoms with E-state index in [4.69, 9.17) is 0 Å². The van der Waals surface area contributed by atoms with Crippen LogP contribution in [-0.2, 0) is 18.6 Å². The Morgan fingerprint density at radius 1 is 0.800 bits per heavy atom. The Kier molecular flexibility index (Phi) is 6.29. The Morgan fingerprint density at radius 2 is 1.53 bits per heavy atom. The molecule has 4 aromatic rings. The second-order valence-corrected chi connectivity index (χ2v) is 7.77. The van der Waals surface area contributed by atoms with Gasteiger partial charge in [-0.25, -0.2) is 19.3 Å². The molecule has 2 heterocycles. The largest absolute Gasteiger partial charge is 0.301 e. The van der Waals surface area contributed by atoms with Crippen molar-refractivity contribution in [2.24, 2.45) is 0 Å². The normalized spacial score (nSPS) is 10.8. The van der Waals surface area contributed by atoms with Crippen LogP contribution in [0.5, 0.6) is 0 Å². The Bertz CT molecular complexity index is 1160. The number of aromatic amines is 1. The predicted octanol–water partition coefficient (Wildman–Crippen LogP) is 4.17. The molecule has 0 aliphatic carbocycles. The molecule has 7 heteroatoms. The fourth-order valence-electron chi connectivity index (χ4n) is 2.90. The van der Waals surface area contributed by atoms with Crippen molar-refractivity contribution in [3.63, 3.8) is 0 Å². The van der Waals surface area contributed by atoms with E-state index in [1.807, 2.05) is 30.3 Å². The fraction of sp³-hybridized carbons (Fsp3) is 0.130. The molecule has 0 atom stereocenters. The fourth-order valence-corrected chi connectivity index (χ4v) is 3.69. The lowest BCUT2D eigenvalue weighted by atomic mass is 10.1. The third-order valence-corrected chi connectivity index (χ3v) is 5.46. The summed E-state index contributed by atoms with van der Waals surface area (Å²) in [5.41, 5.74) is 3.34. The van der Waals surface area contributed by atoms with Crippen LogP contribution >= 0.6 is 11.8 Å². The van der Waals surface area contributed by atoms with Gasteiger partial charge < -0.3 is 4.98 Å². The molecule has 1 N–H and O–H groups in total. The number of rotatable bonds is 7. The third kappa shape index (κ3) is 5.39. The molecule has 0 saturated carbocycles. The molecule has 30 heavy (non-hydrogen) atoms. The van der Waals surface area contributed by atoms with E-state index in [9.17, 15) is 9.18 Å². The Morgan fingerprint density at radius 3 is 2.23 bits per heavy atom. The highest BCUT2D eigenvalue weighted by Gasteiger charge is 2.07. The zero-order chi connectivity index (χ0) is 20.8. The van der Waals surface area contributed by atoms with Crippen LogP contribution in [0.25, 0.3) is 0 Å². The number of aromatic nitrogens is 4. The summed E-state index contributed by atoms with van der Waals surface area (Å²) < 4.78 is 13.0. The molecular weight excluding hydrogens is 399 g/mol. The van der Waals surface area contributed by atoms with Crippen molar-refractivity contribution in [3.8, 4) is 0 Å². The van der Waals surface area contributed by atoms with E-state index in [1.165, 1.54) is 23.9 Å². The SMILES string of the molecule is O=c1[nH]c(SCc2ccc(F)cc2)ncc1Cc1cnc(Cc2ccccc2)nc1. The average Bonchev–Trinajstić information content (AvgIpc) is 2.77. The monoisotopic (exact) mass is 418 g/mol. The smallest absolute Gasteiger partial charge is 0.255 e. The predicted molar refractivity (Wildman–Crippen MR) is 115 cm³/mol. The molecule has 5 nitrogen and oxygen atoms in total. The van der Waals surface area contributed by atoms with Crippen LogP contribution in [0.3, 0.4) is 0 Å². The lowest BCUT2D eigenvalue weighted by Crippen LogP contribution is -2.15. The van der Waals surface area contributed by atoms with E-state index in [2.05, 4.69) is 19.9 Å². The summed E-state index contributed by atoms with van der Waals surface area (Å²) >= 11 is 1.40. The van der Waals surface area contributed by atoms with Gasteiger partial charge >= 0.3 is 0 Å². The summed E-state index contributed by atoms with van der Waals surface area (Å²) in [6.45, 7) is 0. The number of hydrogen-bond acceptors (Lipinski definition) is 5. The quantitative estimate of drug-likeness (QED) is 0.360. The molecule has 0 aliphatic rings. The number of nitrogens with zero attached hydrogens (tertiary/aromatic N) is 3. The minimum atomic E-state index is -0.267. The van der Waals surface area contributed by atoms with Crippen LogP contribution in [0.4, 0.5) is 4.39 Å². The first kappa shape index (κ1) is 20.0. The van der Waals surface area contributed by atoms with E-state index >= 15 is 0 Å². The molecule has 0 amide bonds. The van der Waals surface area contributed by atoms with Gasteiger partial charge in [-0.15, -0.1) is 0 Å². The van der Waals surface area contributed by atoms with Crippen LogP contribution in [0.15, 0.2) is 83.1 Å². The number of hydrogen-bond donors (Lipinski definition) is 1. The first-order chi connectivity index (χ1) is 14.7. The van der Waals surface area contributed by atoms with Crippen molar-refractivity contribution in [1.29, 1.82) is 0 Å². The van der Waals surface area contributed by atoms with Crippen LogP contribution < -0.4 is 5.56 Å². The van der Waals surface area contributed by atoms with Gasteiger partial charge in [0.2, 0.25) is 0 Å². The van der Waals surface area contributed by atoms with E-state index in [1.54, 1.807) is 30.7 Å². The Hall–Kier alpha value is -3.32. The summed E-state index contributed by atoms with van der Waals surface area (Å²) in [5, 5.41) is 0.530. The highest BCUT2D eigenvalue weighted by Crippen LogP contribution is 2.18. The van der Waals surface area contributed by atoms with Gasteiger partial charge in [-0.1, -0.05) is 54.2 Å². The standard InChI is InChI=1S/C23H19FN4OS/c24-20-8-6-17(7-9-20)15-30-23-27-14-19(22(29)28-23)10-18-12-25-21(26-13-18)11-16-4-2-1-3-5-16/h1-9,12-14H,10-11,15H2,(H,27,28,29). The number of nitrogens with one attached hydrogen (secondary N) is 1. The second-order valence-electron chi connectivity index (χ2n) is 6.80. The van der Waals surface area contributed by atoms with Gasteiger partial charge in [-0.3, -0.25) is 4.79 Å². The van der Waals surface area contributed by atoms with Gasteiger partial charge in [0.25, 0.3) is 5.56 Å². The van der Waals surface area contributed by atoms with Crippen molar-refractivity contribution in [1.82, 2.24) is 19.9 Å². The first-order valence-electron chi connectivity index (χ1n) is 9.45. The number of benzene rings is 2. The average molecular weight is 418 g/mol. The zero-order valence-corrected chi connectivity index (χ0v) is 16.9. The molecule has 0 aliphatic heterocycles. The second kappa shape index (κ2) is 9.45. The van der Waals surface area contributed by atoms with Crippen LogP contribution in [-0.4, -0.2) is 19.9 Å². The highest BCUT2D eigenvalue weighted by atomic mass is 32.2. The highest BCUT2D eigenvalue weighted by molar-refractivity contribution is 7.98. The van der Waals surface area contributed by atoms with Gasteiger partial charge in [0, 0.05) is 42.7 Å². The lowest BCUT2D eigenvalue weighted by molar-refractivity contribution is 0.627. The summed E-state index contributed by atoms with van der Waals surface area (Å²) in [6.07, 6.45) is 6.17. The molecule has 0 fully saturated rings. The van der Waals surface area contributed by atoms with Crippen molar-refractivity contribution >= 4 is 11.8 Å². The van der Waals surface area contributed by atoms with Gasteiger partial charge in [-0.2, -0.15) is 0 Å². The topological polar surface area (TPSA) is 71.5 Å². The summed E-state index contributed by atoms with van der Waals surface area (Å²) in [4.78, 5) is 28.4. The maximum absolute atomic E-state index is 13.0. The number of H-pyrrole nitrogens is 1. The summed E-state index contributed by atoms with van der Waals surface area (Å²) in [5.74, 6) is 1.07. The van der Waals surface area contributed by atoms with Gasteiger partial charge in [0.05, 0.1) is 0 Å². The number of thioether (sulfide) groups is 1. The molecule has 150 valence electrons. The maximum Gasteiger partial charge on any atom is 0.255 e. The zero-order valence-electron chi connectivity index (χ0n) is 16.1. The van der Waals surface area contributed by atoms with Crippen molar-refractivity contribution in [3.05, 3.63) is 117 Å². The van der Waals surface area contributed by atoms with Gasteiger partial charge in [0.15, 0.2) is 5.16 Å². The summed E-state index contributed by atoms with van der Waals surface area (Å²) in [7, 11) is 0. The minimum absolute atomic E-state index is 0.181. The third-order valence-electron chi connectivity index (χ3n) is 4.50. The molecule has 0 unspecified atom stereocenters. The molecule has 4 rings (SSSR count). The molecule has 0 saturated heterocycles. The Labute approximate surface area is 177 Å². The maximum atomic E-state index is 13.0. The van der Waals surface area contributed by atoms with Gasteiger partial charge in [-0.05, 0) is 28.8 Å². The van der Waals surface area contributed by atoms with E-state index in [0.29, 0.717) is 29.3 Å². The summed E-state index contributed by atoms with van der Waals surface area (Å²) in [6, 6.07) is 16.3. The van der Waals surface area contributed by atoms with E-state index < -0.39 is 0 Å². The van der Waals surface area contributed by atoms with E-state index in [-0.39, 0.29) is 11.4 Å². The lowest BCUT2D eigenvalue weighted by Gasteiger charge is -2.05. The van der Waals surface area contributed by atoms with Crippen LogP contribution in [0, 0.1) is 5.82 Å². The van der Waals surface area contributed by atoms with E-state index in [0.717, 1.165) is 22.5 Å².